The van der Waals surface area contributed by atoms with Crippen LogP contribution in [0.2, 0.25) is 0 Å². The van der Waals surface area contributed by atoms with Gasteiger partial charge in [0, 0.05) is 30.8 Å². The number of hydrogen-bond acceptors (Lipinski definition) is 4. The van der Waals surface area contributed by atoms with Crippen LogP contribution in [0.4, 0.5) is 0 Å². The Morgan fingerprint density at radius 2 is 1.62 bits per heavy atom. The number of rotatable bonds is 9. The van der Waals surface area contributed by atoms with Crippen molar-refractivity contribution in [3.63, 3.8) is 0 Å². The molecular weight excluding hydrogens is 425 g/mol. The average Bonchev–Trinajstić information content (AvgIpc) is 2.46. The molecule has 0 unspecified atom stereocenters. The summed E-state index contributed by atoms with van der Waals surface area (Å²) in [4.78, 5) is 2.27. The van der Waals surface area contributed by atoms with E-state index < -0.39 is 0 Å². The lowest BCUT2D eigenvalue weighted by Gasteiger charge is -2.21. The molecule has 0 fully saturated rings. The highest BCUT2D eigenvalue weighted by molar-refractivity contribution is 9.09. The van der Waals surface area contributed by atoms with Crippen molar-refractivity contribution in [3.8, 4) is 17.2 Å². The molecule has 0 heterocycles. The molecule has 0 atom stereocenters. The Balaban J connectivity index is 0.00000400. The van der Waals surface area contributed by atoms with Crippen LogP contribution in [-0.4, -0.2) is 50.5 Å². The van der Waals surface area contributed by atoms with E-state index in [1.54, 1.807) is 21.3 Å². The molecule has 0 aliphatic heterocycles. The molecule has 7 heteroatoms. The van der Waals surface area contributed by atoms with Crippen LogP contribution >= 0.6 is 44.5 Å². The summed E-state index contributed by atoms with van der Waals surface area (Å²) in [6.07, 6.45) is 0. The molecule has 0 bridgehead atoms. The Labute approximate surface area is 150 Å². The van der Waals surface area contributed by atoms with Gasteiger partial charge in [0.15, 0.2) is 11.5 Å². The van der Waals surface area contributed by atoms with E-state index in [0.29, 0.717) is 23.1 Å². The third-order valence-electron chi connectivity index (χ3n) is 2.93. The fourth-order valence-corrected chi connectivity index (χ4v) is 2.73. The van der Waals surface area contributed by atoms with Crippen LogP contribution < -0.4 is 14.2 Å². The fourth-order valence-electron chi connectivity index (χ4n) is 1.99. The van der Waals surface area contributed by atoms with E-state index in [1.807, 2.05) is 12.1 Å². The zero-order valence-corrected chi connectivity index (χ0v) is 16.6. The SMILES string of the molecule is Br.COc1cc(CN(CCCl)CCBr)cc(OC)c1OC. The van der Waals surface area contributed by atoms with Crippen LogP contribution in [0.5, 0.6) is 17.2 Å². The van der Waals surface area contributed by atoms with E-state index >= 15 is 0 Å². The van der Waals surface area contributed by atoms with Crippen molar-refractivity contribution in [2.75, 3.05) is 45.6 Å². The minimum Gasteiger partial charge on any atom is -0.493 e. The lowest BCUT2D eigenvalue weighted by atomic mass is 10.1. The Morgan fingerprint density at radius 1 is 1.05 bits per heavy atom. The van der Waals surface area contributed by atoms with Crippen molar-refractivity contribution >= 4 is 44.5 Å². The lowest BCUT2D eigenvalue weighted by Crippen LogP contribution is -2.27. The Morgan fingerprint density at radius 3 is 2.00 bits per heavy atom. The molecular formula is C14H22Br2ClNO3. The molecule has 21 heavy (non-hydrogen) atoms. The molecule has 0 spiro atoms. The van der Waals surface area contributed by atoms with Gasteiger partial charge >= 0.3 is 0 Å². The normalized spacial score (nSPS) is 10.2. The first-order chi connectivity index (χ1) is 9.69. The number of ether oxygens (including phenoxy) is 3. The van der Waals surface area contributed by atoms with Crippen molar-refractivity contribution in [1.29, 1.82) is 0 Å². The van der Waals surface area contributed by atoms with Crippen LogP contribution in [-0.2, 0) is 6.54 Å². The zero-order chi connectivity index (χ0) is 15.0. The number of benzene rings is 1. The van der Waals surface area contributed by atoms with Gasteiger partial charge in [-0.15, -0.1) is 28.6 Å². The first kappa shape index (κ1) is 20.8. The van der Waals surface area contributed by atoms with Crippen molar-refractivity contribution in [2.45, 2.75) is 6.54 Å². The number of nitrogens with zero attached hydrogens (tertiary/aromatic N) is 1. The number of halogens is 3. The molecule has 0 aromatic heterocycles. The second kappa shape index (κ2) is 11.4. The first-order valence-electron chi connectivity index (χ1n) is 6.33. The molecule has 1 aromatic rings. The zero-order valence-electron chi connectivity index (χ0n) is 12.5. The molecule has 0 aliphatic rings. The van der Waals surface area contributed by atoms with Gasteiger partial charge in [0.05, 0.1) is 21.3 Å². The third-order valence-corrected chi connectivity index (χ3v) is 3.46. The van der Waals surface area contributed by atoms with Gasteiger partial charge < -0.3 is 14.2 Å². The molecule has 4 nitrogen and oxygen atoms in total. The molecule has 0 radical (unpaired) electrons. The number of hydrogen-bond donors (Lipinski definition) is 0. The van der Waals surface area contributed by atoms with E-state index in [9.17, 15) is 0 Å². The van der Waals surface area contributed by atoms with E-state index in [0.717, 1.165) is 30.5 Å². The molecule has 0 saturated heterocycles. The highest BCUT2D eigenvalue weighted by Crippen LogP contribution is 2.38. The quantitative estimate of drug-likeness (QED) is 0.540. The van der Waals surface area contributed by atoms with Gasteiger partial charge in [0.1, 0.15) is 0 Å². The first-order valence-corrected chi connectivity index (χ1v) is 7.98. The molecule has 1 aromatic carbocycles. The molecule has 0 N–H and O–H groups in total. The Hall–Kier alpha value is -0.170. The molecule has 0 amide bonds. The molecule has 122 valence electrons. The summed E-state index contributed by atoms with van der Waals surface area (Å²) in [7, 11) is 4.84. The highest BCUT2D eigenvalue weighted by atomic mass is 79.9. The third kappa shape index (κ3) is 6.22. The van der Waals surface area contributed by atoms with Crippen LogP contribution in [0.15, 0.2) is 12.1 Å². The summed E-state index contributed by atoms with van der Waals surface area (Å²) in [5.41, 5.74) is 1.10. The monoisotopic (exact) mass is 445 g/mol. The predicted octanol–water partition coefficient (Wildman–Crippen LogP) is 3.73. The number of alkyl halides is 2. The Kier molecular flexibility index (Phi) is 11.3. The predicted molar refractivity (Wildman–Crippen MR) is 96.2 cm³/mol. The Bertz CT molecular complexity index is 390. The maximum atomic E-state index is 5.84. The van der Waals surface area contributed by atoms with Gasteiger partial charge in [-0.2, -0.15) is 0 Å². The van der Waals surface area contributed by atoms with E-state index in [4.69, 9.17) is 25.8 Å². The van der Waals surface area contributed by atoms with Crippen molar-refractivity contribution in [3.05, 3.63) is 17.7 Å². The topological polar surface area (TPSA) is 30.9 Å². The van der Waals surface area contributed by atoms with Crippen molar-refractivity contribution in [1.82, 2.24) is 4.90 Å². The maximum absolute atomic E-state index is 5.84. The smallest absolute Gasteiger partial charge is 0.203 e. The van der Waals surface area contributed by atoms with Crippen molar-refractivity contribution in [2.24, 2.45) is 0 Å². The van der Waals surface area contributed by atoms with E-state index in [1.165, 1.54) is 0 Å². The second-order valence-electron chi connectivity index (χ2n) is 4.19. The van der Waals surface area contributed by atoms with Crippen LogP contribution in [0.1, 0.15) is 5.56 Å². The summed E-state index contributed by atoms with van der Waals surface area (Å²) in [6, 6.07) is 3.94. The summed E-state index contributed by atoms with van der Waals surface area (Å²) in [5, 5.41) is 0.911. The van der Waals surface area contributed by atoms with Gasteiger partial charge in [-0.3, -0.25) is 4.90 Å². The molecule has 0 aliphatic carbocycles. The van der Waals surface area contributed by atoms with Crippen molar-refractivity contribution < 1.29 is 14.2 Å². The van der Waals surface area contributed by atoms with Crippen LogP contribution in [0.25, 0.3) is 0 Å². The van der Waals surface area contributed by atoms with Gasteiger partial charge in [-0.25, -0.2) is 0 Å². The summed E-state index contributed by atoms with van der Waals surface area (Å²) < 4.78 is 16.0. The average molecular weight is 448 g/mol. The lowest BCUT2D eigenvalue weighted by molar-refractivity contribution is 0.296. The largest absolute Gasteiger partial charge is 0.493 e. The standard InChI is InChI=1S/C14H21BrClNO3.BrH/c1-18-12-8-11(9-13(19-2)14(12)20-3)10-17(6-4-15)7-5-16;/h8-9H,4-7,10H2,1-3H3;1H. The summed E-state index contributed by atoms with van der Waals surface area (Å²) >= 11 is 9.29. The minimum absolute atomic E-state index is 0. The maximum Gasteiger partial charge on any atom is 0.203 e. The molecule has 1 rings (SSSR count). The highest BCUT2D eigenvalue weighted by Gasteiger charge is 2.14. The summed E-state index contributed by atoms with van der Waals surface area (Å²) in [5.74, 6) is 2.57. The van der Waals surface area contributed by atoms with Gasteiger partial charge in [0.2, 0.25) is 5.75 Å². The number of methoxy groups -OCH3 is 3. The van der Waals surface area contributed by atoms with Gasteiger partial charge in [-0.05, 0) is 17.7 Å². The van der Waals surface area contributed by atoms with Gasteiger partial charge in [-0.1, -0.05) is 15.9 Å². The second-order valence-corrected chi connectivity index (χ2v) is 5.36. The minimum atomic E-state index is 0. The van der Waals surface area contributed by atoms with E-state index in [-0.39, 0.29) is 17.0 Å². The summed E-state index contributed by atoms with van der Waals surface area (Å²) in [6.45, 7) is 2.56. The molecule has 0 saturated carbocycles. The van der Waals surface area contributed by atoms with E-state index in [2.05, 4.69) is 20.8 Å². The fraction of sp³-hybridized carbons (Fsp3) is 0.571. The van der Waals surface area contributed by atoms with Gasteiger partial charge in [0.25, 0.3) is 0 Å². The van der Waals surface area contributed by atoms with Crippen LogP contribution in [0.3, 0.4) is 0 Å². The van der Waals surface area contributed by atoms with Crippen LogP contribution in [0, 0.1) is 0 Å².